The van der Waals surface area contributed by atoms with Crippen LogP contribution in [0.3, 0.4) is 0 Å². The lowest BCUT2D eigenvalue weighted by molar-refractivity contribution is -0.131. The van der Waals surface area contributed by atoms with Crippen LogP contribution in [0.4, 0.5) is 4.39 Å². The van der Waals surface area contributed by atoms with E-state index in [1.807, 2.05) is 38.1 Å². The number of hydrogen-bond acceptors (Lipinski definition) is 5. The summed E-state index contributed by atoms with van der Waals surface area (Å²) < 4.78 is 14.9. The number of aromatic nitrogens is 4. The number of halogens is 2. The Morgan fingerprint density at radius 2 is 1.82 bits per heavy atom. The van der Waals surface area contributed by atoms with Gasteiger partial charge < -0.3 is 0 Å². The highest BCUT2D eigenvalue weighted by atomic mass is 79.9. The first kappa shape index (κ1) is 24.6. The number of aryl methyl sites for hydroxylation is 1. The zero-order chi connectivity index (χ0) is 26.6. The van der Waals surface area contributed by atoms with Crippen LogP contribution in [0.15, 0.2) is 59.2 Å². The summed E-state index contributed by atoms with van der Waals surface area (Å²) in [6.45, 7) is 3.81. The molecule has 0 amide bonds. The van der Waals surface area contributed by atoms with E-state index in [9.17, 15) is 14.4 Å². The maximum Gasteiger partial charge on any atom is 0.153 e. The molecule has 190 valence electrons. The minimum absolute atomic E-state index is 0.00903. The number of nitrogens with zero attached hydrogens (tertiary/aromatic N) is 4. The molecule has 0 bridgehead atoms. The SMILES string of the molecule is Cc1nc(-c2ccc(-c3[nH]ncc3Br)cc2)c2c(n1)[C@]1(c3ccc(F)cc3)CC(C#N)C(=O)[C@@H](C)[C@@H]1CC2. The number of carbonyl (C=O) groups is 1. The minimum atomic E-state index is -0.747. The number of fused-ring (bicyclic) bond motifs is 3. The number of rotatable bonds is 3. The zero-order valence-corrected chi connectivity index (χ0v) is 22.6. The van der Waals surface area contributed by atoms with Crippen LogP contribution >= 0.6 is 15.9 Å². The van der Waals surface area contributed by atoms with Crippen molar-refractivity contribution in [2.45, 2.75) is 38.5 Å². The molecule has 1 saturated carbocycles. The van der Waals surface area contributed by atoms with E-state index in [4.69, 9.17) is 9.97 Å². The number of nitriles is 1. The molecule has 1 fully saturated rings. The monoisotopic (exact) mass is 569 g/mol. The fourth-order valence-corrected chi connectivity index (χ4v) is 7.04. The van der Waals surface area contributed by atoms with E-state index in [2.05, 4.69) is 32.2 Å². The second-order valence-corrected chi connectivity index (χ2v) is 11.2. The van der Waals surface area contributed by atoms with Gasteiger partial charge in [-0.2, -0.15) is 10.4 Å². The Balaban J connectivity index is 1.55. The van der Waals surface area contributed by atoms with E-state index in [0.717, 1.165) is 56.6 Å². The van der Waals surface area contributed by atoms with Crippen molar-refractivity contribution in [3.05, 3.63) is 87.7 Å². The van der Waals surface area contributed by atoms with Gasteiger partial charge in [0.05, 0.1) is 33.8 Å². The van der Waals surface area contributed by atoms with E-state index in [-0.39, 0.29) is 23.4 Å². The predicted molar refractivity (Wildman–Crippen MR) is 144 cm³/mol. The Morgan fingerprint density at radius 3 is 2.47 bits per heavy atom. The number of Topliss-reactive ketones (excluding diaryl/α,β-unsaturated/α-hetero) is 1. The molecule has 2 aliphatic rings. The van der Waals surface area contributed by atoms with E-state index in [1.165, 1.54) is 12.1 Å². The van der Waals surface area contributed by atoms with Gasteiger partial charge in [0.25, 0.3) is 0 Å². The maximum absolute atomic E-state index is 14.0. The summed E-state index contributed by atoms with van der Waals surface area (Å²) in [6.07, 6.45) is 3.54. The molecule has 2 aromatic heterocycles. The zero-order valence-electron chi connectivity index (χ0n) is 21.0. The fourth-order valence-electron chi connectivity index (χ4n) is 6.62. The van der Waals surface area contributed by atoms with Gasteiger partial charge in [-0.05, 0) is 65.7 Å². The van der Waals surface area contributed by atoms with Crippen LogP contribution in [0.2, 0.25) is 0 Å². The lowest BCUT2D eigenvalue weighted by atomic mass is 9.50. The number of H-pyrrole nitrogens is 1. The summed E-state index contributed by atoms with van der Waals surface area (Å²) in [6, 6.07) is 16.9. The van der Waals surface area contributed by atoms with Crippen molar-refractivity contribution < 1.29 is 9.18 Å². The molecule has 0 radical (unpaired) electrons. The largest absolute Gasteiger partial charge is 0.298 e. The maximum atomic E-state index is 14.0. The highest BCUT2D eigenvalue weighted by molar-refractivity contribution is 9.10. The summed E-state index contributed by atoms with van der Waals surface area (Å²) >= 11 is 3.53. The second-order valence-electron chi connectivity index (χ2n) is 10.3. The van der Waals surface area contributed by atoms with Crippen molar-refractivity contribution in [1.29, 1.82) is 5.26 Å². The lowest BCUT2D eigenvalue weighted by Crippen LogP contribution is -2.53. The van der Waals surface area contributed by atoms with Crippen molar-refractivity contribution in [2.75, 3.05) is 0 Å². The van der Waals surface area contributed by atoms with Gasteiger partial charge in [-0.3, -0.25) is 9.89 Å². The number of hydrogen-bond donors (Lipinski definition) is 1. The third-order valence-electron chi connectivity index (χ3n) is 8.36. The first-order chi connectivity index (χ1) is 18.3. The van der Waals surface area contributed by atoms with Gasteiger partial charge in [-0.25, -0.2) is 14.4 Å². The molecule has 2 heterocycles. The first-order valence-electron chi connectivity index (χ1n) is 12.7. The number of aromatic amines is 1. The highest BCUT2D eigenvalue weighted by Gasteiger charge is 2.56. The summed E-state index contributed by atoms with van der Waals surface area (Å²) in [7, 11) is 0. The number of nitrogens with one attached hydrogen (secondary N) is 1. The van der Waals surface area contributed by atoms with E-state index >= 15 is 0 Å². The average molecular weight is 570 g/mol. The predicted octanol–water partition coefficient (Wildman–Crippen LogP) is 6.34. The average Bonchev–Trinajstić information content (AvgIpc) is 3.36. The van der Waals surface area contributed by atoms with Gasteiger partial charge in [0.15, 0.2) is 5.78 Å². The summed E-state index contributed by atoms with van der Waals surface area (Å²) in [4.78, 5) is 23.0. The van der Waals surface area contributed by atoms with Gasteiger partial charge in [-0.1, -0.05) is 43.3 Å². The molecule has 2 aliphatic carbocycles. The normalized spacial score (nSPS) is 24.4. The standard InChI is InChI=1S/C30H25BrFN5O/c1-16-24-12-11-23-26(18-3-5-19(6-4-18)27-25(31)15-34-37-27)35-17(2)36-29(23)30(24,13-20(14-33)28(16)38)21-7-9-22(32)10-8-21/h3-10,15-16,20,24H,11-13H2,1-2H3,(H,34,37)/t16-,20?,24-,30-/m0/s1. The Hall–Kier alpha value is -3.70. The van der Waals surface area contributed by atoms with Crippen molar-refractivity contribution in [3.8, 4) is 28.6 Å². The summed E-state index contributed by atoms with van der Waals surface area (Å²) in [5.41, 5.74) is 5.84. The van der Waals surface area contributed by atoms with Gasteiger partial charge in [0.1, 0.15) is 17.6 Å². The number of carbonyl (C=O) groups excluding carboxylic acids is 1. The topological polar surface area (TPSA) is 95.3 Å². The molecular weight excluding hydrogens is 545 g/mol. The van der Waals surface area contributed by atoms with E-state index in [0.29, 0.717) is 12.2 Å². The van der Waals surface area contributed by atoms with Crippen molar-refractivity contribution >= 4 is 21.7 Å². The number of benzene rings is 2. The van der Waals surface area contributed by atoms with Crippen LogP contribution in [0.1, 0.15) is 42.4 Å². The Labute approximate surface area is 228 Å². The van der Waals surface area contributed by atoms with Crippen LogP contribution in [0.25, 0.3) is 22.5 Å². The van der Waals surface area contributed by atoms with Crippen molar-refractivity contribution in [2.24, 2.45) is 17.8 Å². The Kier molecular flexibility index (Phi) is 5.99. The fraction of sp³-hybridized carbons (Fsp3) is 0.300. The van der Waals surface area contributed by atoms with Crippen LogP contribution in [-0.4, -0.2) is 25.9 Å². The molecule has 0 saturated heterocycles. The molecule has 2 aromatic carbocycles. The van der Waals surface area contributed by atoms with Crippen LogP contribution in [0, 0.1) is 41.8 Å². The number of ketones is 1. The Morgan fingerprint density at radius 1 is 1.11 bits per heavy atom. The molecule has 6 nitrogen and oxygen atoms in total. The smallest absolute Gasteiger partial charge is 0.153 e. The Bertz CT molecular complexity index is 1590. The third kappa shape index (κ3) is 3.71. The van der Waals surface area contributed by atoms with Crippen molar-refractivity contribution in [1.82, 2.24) is 20.2 Å². The van der Waals surface area contributed by atoms with E-state index in [1.54, 1.807) is 18.3 Å². The molecule has 0 aliphatic heterocycles. The van der Waals surface area contributed by atoms with Crippen LogP contribution < -0.4 is 0 Å². The van der Waals surface area contributed by atoms with Crippen LogP contribution in [0.5, 0.6) is 0 Å². The van der Waals surface area contributed by atoms with Gasteiger partial charge >= 0.3 is 0 Å². The molecule has 4 aromatic rings. The second kappa shape index (κ2) is 9.25. The minimum Gasteiger partial charge on any atom is -0.298 e. The van der Waals surface area contributed by atoms with Crippen molar-refractivity contribution in [3.63, 3.8) is 0 Å². The van der Waals surface area contributed by atoms with Gasteiger partial charge in [0, 0.05) is 28.0 Å². The highest BCUT2D eigenvalue weighted by Crippen LogP contribution is 2.56. The lowest BCUT2D eigenvalue weighted by Gasteiger charge is -2.51. The third-order valence-corrected chi connectivity index (χ3v) is 8.96. The molecule has 4 atom stereocenters. The quantitative estimate of drug-likeness (QED) is 0.310. The molecule has 1 unspecified atom stereocenters. The van der Waals surface area contributed by atoms with Gasteiger partial charge in [-0.15, -0.1) is 0 Å². The molecule has 8 heteroatoms. The molecule has 38 heavy (non-hydrogen) atoms. The molecule has 6 rings (SSSR count). The molecule has 1 N–H and O–H groups in total. The summed E-state index contributed by atoms with van der Waals surface area (Å²) in [5.74, 6) is -0.803. The van der Waals surface area contributed by atoms with E-state index < -0.39 is 11.3 Å². The van der Waals surface area contributed by atoms with Crippen LogP contribution in [-0.2, 0) is 16.6 Å². The van der Waals surface area contributed by atoms with Gasteiger partial charge in [0.2, 0.25) is 0 Å². The first-order valence-corrected chi connectivity index (χ1v) is 13.5. The summed E-state index contributed by atoms with van der Waals surface area (Å²) in [5, 5.41) is 17.1. The molecular formula is C30H25BrFN5O. The molecule has 0 spiro atoms.